The lowest BCUT2D eigenvalue weighted by Crippen LogP contribution is -2.49. The van der Waals surface area contributed by atoms with Gasteiger partial charge in [-0.15, -0.1) is 0 Å². The molecule has 9 nitrogen and oxygen atoms in total. The molecule has 2 atom stereocenters. The number of aromatic nitrogens is 2. The van der Waals surface area contributed by atoms with Crippen molar-refractivity contribution in [3.63, 3.8) is 0 Å². The van der Waals surface area contributed by atoms with Gasteiger partial charge in [-0.2, -0.15) is 0 Å². The number of pyridine rings is 2. The molecule has 3 heterocycles. The lowest BCUT2D eigenvalue weighted by molar-refractivity contribution is 0.0500. The fourth-order valence-corrected chi connectivity index (χ4v) is 6.13. The Kier molecular flexibility index (Phi) is 8.96. The molecule has 5 rings (SSSR count). The van der Waals surface area contributed by atoms with Crippen molar-refractivity contribution in [2.45, 2.75) is 69.4 Å². The molecule has 0 bridgehead atoms. The van der Waals surface area contributed by atoms with E-state index in [-0.39, 0.29) is 16.6 Å². The SMILES string of the molecule is CS(=O)c1cc(F)c(-c2nc(C(=O)Nc3cnc4c(c3N3CCC[C@H](NC(=O)OC(C)(C)C)C3)CCC4)ccc2F)c(F)c1. The van der Waals surface area contributed by atoms with Crippen LogP contribution in [-0.2, 0) is 28.4 Å². The van der Waals surface area contributed by atoms with Crippen LogP contribution < -0.4 is 15.5 Å². The van der Waals surface area contributed by atoms with E-state index in [1.54, 1.807) is 27.0 Å². The van der Waals surface area contributed by atoms with Crippen LogP contribution >= 0.6 is 0 Å². The Morgan fingerprint density at radius 2 is 1.80 bits per heavy atom. The first-order valence-corrected chi connectivity index (χ1v) is 15.9. The summed E-state index contributed by atoms with van der Waals surface area (Å²) in [6.07, 6.45) is 6.35. The van der Waals surface area contributed by atoms with Gasteiger partial charge in [0, 0.05) is 46.8 Å². The fraction of sp³-hybridized carbons (Fsp3) is 0.419. The molecule has 0 spiro atoms. The summed E-state index contributed by atoms with van der Waals surface area (Å²) in [5, 5.41) is 5.77. The van der Waals surface area contributed by atoms with Gasteiger partial charge in [-0.05, 0) is 82.7 Å². The van der Waals surface area contributed by atoms with Gasteiger partial charge in [-0.3, -0.25) is 14.0 Å². The Morgan fingerprint density at radius 3 is 2.48 bits per heavy atom. The Balaban J connectivity index is 1.43. The zero-order chi connectivity index (χ0) is 31.8. The Hall–Kier alpha value is -4.00. The highest BCUT2D eigenvalue weighted by Crippen LogP contribution is 2.38. The van der Waals surface area contributed by atoms with Crippen molar-refractivity contribution < 1.29 is 31.7 Å². The molecule has 0 radical (unpaired) electrons. The summed E-state index contributed by atoms with van der Waals surface area (Å²) in [4.78, 5) is 36.5. The predicted molar refractivity (Wildman–Crippen MR) is 161 cm³/mol. The van der Waals surface area contributed by atoms with Crippen LogP contribution in [-0.4, -0.2) is 57.2 Å². The molecular weight excluding hydrogens is 595 g/mol. The minimum absolute atomic E-state index is 0.101. The lowest BCUT2D eigenvalue weighted by atomic mass is 10.0. The molecule has 2 N–H and O–H groups in total. The summed E-state index contributed by atoms with van der Waals surface area (Å²) in [5.41, 5.74) is 0.803. The summed E-state index contributed by atoms with van der Waals surface area (Å²) >= 11 is 0. The van der Waals surface area contributed by atoms with Crippen molar-refractivity contribution in [1.29, 1.82) is 0 Å². The zero-order valence-electron chi connectivity index (χ0n) is 24.9. The number of amides is 2. The van der Waals surface area contributed by atoms with E-state index < -0.39 is 57.1 Å². The lowest BCUT2D eigenvalue weighted by Gasteiger charge is -2.37. The molecule has 13 heteroatoms. The van der Waals surface area contributed by atoms with Gasteiger partial charge < -0.3 is 20.3 Å². The summed E-state index contributed by atoms with van der Waals surface area (Å²) < 4.78 is 61.7. The molecule has 2 aromatic heterocycles. The van der Waals surface area contributed by atoms with E-state index in [0.29, 0.717) is 18.8 Å². The molecule has 1 unspecified atom stereocenters. The molecule has 1 aliphatic heterocycles. The van der Waals surface area contributed by atoms with Crippen molar-refractivity contribution in [3.8, 4) is 11.3 Å². The van der Waals surface area contributed by atoms with E-state index in [9.17, 15) is 27.0 Å². The molecule has 3 aromatic rings. The van der Waals surface area contributed by atoms with Gasteiger partial charge in [0.25, 0.3) is 5.91 Å². The number of fused-ring (bicyclic) bond motifs is 1. The van der Waals surface area contributed by atoms with Crippen molar-refractivity contribution in [2.75, 3.05) is 29.6 Å². The summed E-state index contributed by atoms with van der Waals surface area (Å²) in [5.74, 6) is -4.05. The number of hydrogen-bond acceptors (Lipinski definition) is 7. The zero-order valence-corrected chi connectivity index (χ0v) is 25.7. The first-order chi connectivity index (χ1) is 20.8. The highest BCUT2D eigenvalue weighted by molar-refractivity contribution is 7.84. The molecule has 0 saturated carbocycles. The molecule has 2 amide bonds. The molecule has 2 aliphatic rings. The summed E-state index contributed by atoms with van der Waals surface area (Å²) in [6, 6.07) is 3.57. The molecule has 44 heavy (non-hydrogen) atoms. The summed E-state index contributed by atoms with van der Waals surface area (Å²) in [7, 11) is -1.66. The number of carbonyl (C=O) groups is 2. The number of anilines is 2. The second-order valence-electron chi connectivity index (χ2n) is 11.9. The predicted octanol–water partition coefficient (Wildman–Crippen LogP) is 5.53. The van der Waals surface area contributed by atoms with E-state index >= 15 is 0 Å². The van der Waals surface area contributed by atoms with Crippen LogP contribution in [0.4, 0.5) is 29.3 Å². The Labute approximate surface area is 256 Å². The molecule has 1 aliphatic carbocycles. The van der Waals surface area contributed by atoms with E-state index in [0.717, 1.165) is 73.3 Å². The number of rotatable bonds is 6. The number of ether oxygens (including phenoxy) is 1. The maximum Gasteiger partial charge on any atom is 0.407 e. The van der Waals surface area contributed by atoms with Gasteiger partial charge in [-0.25, -0.2) is 22.9 Å². The third kappa shape index (κ3) is 6.87. The van der Waals surface area contributed by atoms with Gasteiger partial charge in [-0.1, -0.05) is 0 Å². The van der Waals surface area contributed by atoms with Crippen molar-refractivity contribution >= 4 is 34.2 Å². The average Bonchev–Trinajstić information content (AvgIpc) is 3.41. The molecule has 1 fully saturated rings. The van der Waals surface area contributed by atoms with Gasteiger partial charge in [0.1, 0.15) is 34.4 Å². The van der Waals surface area contributed by atoms with Gasteiger partial charge >= 0.3 is 6.09 Å². The average molecular weight is 630 g/mol. The smallest absolute Gasteiger partial charge is 0.407 e. The van der Waals surface area contributed by atoms with Crippen LogP contribution in [0, 0.1) is 17.5 Å². The van der Waals surface area contributed by atoms with Crippen LogP contribution in [0.5, 0.6) is 0 Å². The third-order valence-corrected chi connectivity index (χ3v) is 8.35. The second kappa shape index (κ2) is 12.5. The van der Waals surface area contributed by atoms with Crippen LogP contribution in [0.2, 0.25) is 0 Å². The Morgan fingerprint density at radius 1 is 1.07 bits per heavy atom. The van der Waals surface area contributed by atoms with Crippen molar-refractivity contribution in [1.82, 2.24) is 15.3 Å². The first kappa shape index (κ1) is 31.4. The second-order valence-corrected chi connectivity index (χ2v) is 13.3. The van der Waals surface area contributed by atoms with E-state index in [1.165, 1.54) is 6.26 Å². The van der Waals surface area contributed by atoms with Crippen LogP contribution in [0.25, 0.3) is 11.3 Å². The van der Waals surface area contributed by atoms with Gasteiger partial charge in [0.15, 0.2) is 0 Å². The van der Waals surface area contributed by atoms with E-state index in [4.69, 9.17) is 4.74 Å². The largest absolute Gasteiger partial charge is 0.444 e. The topological polar surface area (TPSA) is 114 Å². The summed E-state index contributed by atoms with van der Waals surface area (Å²) in [6.45, 7) is 6.56. The fourth-order valence-electron chi connectivity index (χ4n) is 5.59. The minimum Gasteiger partial charge on any atom is -0.444 e. The standard InChI is InChI=1S/C31H34F3N5O4S/c1-31(2,3)43-30(41)36-17-7-6-12-39(16-17)28-19-8-5-9-23(19)35-15-25(28)38-29(40)24-11-10-20(32)27(37-24)26-21(33)13-18(44(4)42)14-22(26)34/h10-11,13-15,17H,5-9,12,16H2,1-4H3,(H,36,41)(H,38,40)/t17-,44?/m0/s1. The third-order valence-electron chi connectivity index (χ3n) is 7.45. The van der Waals surface area contributed by atoms with E-state index in [2.05, 4.69) is 25.5 Å². The van der Waals surface area contributed by atoms with Crippen molar-refractivity contribution in [2.24, 2.45) is 0 Å². The number of nitrogens with zero attached hydrogens (tertiary/aromatic N) is 3. The van der Waals surface area contributed by atoms with Crippen LogP contribution in [0.3, 0.4) is 0 Å². The minimum atomic E-state index is -1.66. The number of alkyl carbamates (subject to hydrolysis) is 1. The van der Waals surface area contributed by atoms with Crippen LogP contribution in [0.1, 0.15) is 61.8 Å². The number of halogens is 3. The molecule has 1 aromatic carbocycles. The number of nitrogens with one attached hydrogen (secondary N) is 2. The number of carbonyl (C=O) groups excluding carboxylic acids is 2. The number of aryl methyl sites for hydroxylation is 1. The number of hydrogen-bond donors (Lipinski definition) is 2. The molecule has 234 valence electrons. The van der Waals surface area contributed by atoms with Crippen LogP contribution in [0.15, 0.2) is 35.4 Å². The highest BCUT2D eigenvalue weighted by Gasteiger charge is 2.30. The van der Waals surface area contributed by atoms with E-state index in [1.807, 2.05) is 0 Å². The molecular formula is C31H34F3N5O4S. The number of benzene rings is 1. The van der Waals surface area contributed by atoms with Gasteiger partial charge in [0.2, 0.25) is 0 Å². The molecule has 1 saturated heterocycles. The monoisotopic (exact) mass is 629 g/mol. The Bertz CT molecular complexity index is 1620. The first-order valence-electron chi connectivity index (χ1n) is 14.4. The van der Waals surface area contributed by atoms with Crippen molar-refractivity contribution in [3.05, 3.63) is 64.9 Å². The number of piperidine rings is 1. The quantitative estimate of drug-likeness (QED) is 0.369. The maximum atomic E-state index is 14.9. The van der Waals surface area contributed by atoms with Gasteiger partial charge in [0.05, 0.1) is 23.1 Å². The maximum absolute atomic E-state index is 14.9. The normalized spacial score (nSPS) is 17.2. The highest BCUT2D eigenvalue weighted by atomic mass is 32.2.